The van der Waals surface area contributed by atoms with E-state index in [4.69, 9.17) is 10.1 Å². The molecule has 0 bridgehead atoms. The molecule has 5 rings (SSSR count). The molecule has 0 saturated carbocycles. The van der Waals surface area contributed by atoms with E-state index in [0.717, 1.165) is 11.3 Å². The second-order valence-corrected chi connectivity index (χ2v) is 9.86. The maximum Gasteiger partial charge on any atom is 0.335 e. The van der Waals surface area contributed by atoms with E-state index in [-0.39, 0.29) is 16.9 Å². The number of hydrogen-bond acceptors (Lipinski definition) is 6. The minimum absolute atomic E-state index is 0.0949. The number of benzene rings is 2. The fraction of sp³-hybridized carbons (Fsp3) is 0.138. The molecule has 0 aliphatic carbocycles. The van der Waals surface area contributed by atoms with Crippen LogP contribution in [-0.2, 0) is 5.41 Å². The van der Waals surface area contributed by atoms with E-state index >= 15 is 0 Å². The van der Waals surface area contributed by atoms with Gasteiger partial charge in [0.2, 0.25) is 0 Å². The number of amides is 1. The monoisotopic (exact) mass is 506 g/mol. The molecule has 0 atom stereocenters. The standard InChI is InChI=1S/C29H26N6O3/c1-29(2,3)24-12-9-20(16-31-24)27(36)33-22-6-4-5-19(15-22)23-17-35-14-13-30-26(35)25(34-23)32-21-10-7-18(8-11-21)28(37)38/h4-17H,1-3H3,(H,32,34)(H,33,36)(H,37,38). The van der Waals surface area contributed by atoms with Gasteiger partial charge in [-0.05, 0) is 48.5 Å². The second kappa shape index (κ2) is 9.78. The molecule has 0 fully saturated rings. The van der Waals surface area contributed by atoms with Gasteiger partial charge in [-0.2, -0.15) is 0 Å². The molecule has 0 unspecified atom stereocenters. The zero-order valence-electron chi connectivity index (χ0n) is 21.1. The highest BCUT2D eigenvalue weighted by molar-refractivity contribution is 6.04. The second-order valence-electron chi connectivity index (χ2n) is 9.86. The molecule has 1 amide bonds. The van der Waals surface area contributed by atoms with E-state index in [1.165, 1.54) is 12.1 Å². The summed E-state index contributed by atoms with van der Waals surface area (Å²) in [6, 6.07) is 17.5. The van der Waals surface area contributed by atoms with Gasteiger partial charge in [0.15, 0.2) is 11.5 Å². The third-order valence-electron chi connectivity index (χ3n) is 5.98. The molecular weight excluding hydrogens is 480 g/mol. The lowest BCUT2D eigenvalue weighted by Gasteiger charge is -2.17. The van der Waals surface area contributed by atoms with Crippen molar-refractivity contribution in [1.29, 1.82) is 0 Å². The van der Waals surface area contributed by atoms with Crippen LogP contribution >= 0.6 is 0 Å². The number of hydrogen-bond donors (Lipinski definition) is 3. The van der Waals surface area contributed by atoms with Gasteiger partial charge in [-0.3, -0.25) is 9.78 Å². The molecule has 3 aromatic heterocycles. The molecule has 0 aliphatic rings. The van der Waals surface area contributed by atoms with E-state index in [2.05, 4.69) is 41.4 Å². The van der Waals surface area contributed by atoms with E-state index in [1.54, 1.807) is 30.6 Å². The number of fused-ring (bicyclic) bond motifs is 1. The lowest BCUT2D eigenvalue weighted by Crippen LogP contribution is -2.16. The van der Waals surface area contributed by atoms with Gasteiger partial charge in [0, 0.05) is 52.8 Å². The number of carbonyl (C=O) groups is 2. The molecule has 0 aliphatic heterocycles. The first-order chi connectivity index (χ1) is 18.2. The average Bonchev–Trinajstić information content (AvgIpc) is 3.38. The van der Waals surface area contributed by atoms with Gasteiger partial charge >= 0.3 is 5.97 Å². The Morgan fingerprint density at radius 1 is 0.921 bits per heavy atom. The van der Waals surface area contributed by atoms with E-state index < -0.39 is 5.97 Å². The first kappa shape index (κ1) is 24.6. The van der Waals surface area contributed by atoms with Gasteiger partial charge in [0.25, 0.3) is 5.91 Å². The topological polar surface area (TPSA) is 122 Å². The Kier molecular flexibility index (Phi) is 6.34. The highest BCUT2D eigenvalue weighted by atomic mass is 16.4. The molecule has 0 spiro atoms. The number of nitrogens with zero attached hydrogens (tertiary/aromatic N) is 4. The highest BCUT2D eigenvalue weighted by Crippen LogP contribution is 2.27. The number of pyridine rings is 1. The van der Waals surface area contributed by atoms with Gasteiger partial charge < -0.3 is 20.1 Å². The molecule has 3 heterocycles. The van der Waals surface area contributed by atoms with Gasteiger partial charge in [0.05, 0.1) is 16.8 Å². The van der Waals surface area contributed by atoms with Gasteiger partial charge in [0.1, 0.15) is 0 Å². The van der Waals surface area contributed by atoms with Gasteiger partial charge in [-0.15, -0.1) is 0 Å². The lowest BCUT2D eigenvalue weighted by molar-refractivity contribution is 0.0696. The number of aromatic nitrogens is 4. The van der Waals surface area contributed by atoms with E-state index in [0.29, 0.717) is 34.1 Å². The Balaban J connectivity index is 1.40. The minimum Gasteiger partial charge on any atom is -0.478 e. The molecule has 5 aromatic rings. The summed E-state index contributed by atoms with van der Waals surface area (Å²) in [6.45, 7) is 6.23. The van der Waals surface area contributed by atoms with Crippen molar-refractivity contribution in [3.8, 4) is 11.3 Å². The number of nitrogens with one attached hydrogen (secondary N) is 2. The molecule has 190 valence electrons. The number of carbonyl (C=O) groups excluding carboxylic acids is 1. The number of aromatic carboxylic acids is 1. The Hall–Kier alpha value is -5.05. The molecule has 3 N–H and O–H groups in total. The van der Waals surface area contributed by atoms with Crippen LogP contribution < -0.4 is 10.6 Å². The summed E-state index contributed by atoms with van der Waals surface area (Å²) < 4.78 is 1.85. The fourth-order valence-corrected chi connectivity index (χ4v) is 3.92. The maximum absolute atomic E-state index is 12.9. The molecule has 38 heavy (non-hydrogen) atoms. The Bertz CT molecular complexity index is 1630. The van der Waals surface area contributed by atoms with Crippen LogP contribution in [0.4, 0.5) is 17.2 Å². The van der Waals surface area contributed by atoms with Crippen LogP contribution in [-0.4, -0.2) is 36.3 Å². The van der Waals surface area contributed by atoms with Gasteiger partial charge in [-0.25, -0.2) is 14.8 Å². The minimum atomic E-state index is -0.988. The van der Waals surface area contributed by atoms with E-state index in [9.17, 15) is 9.59 Å². The van der Waals surface area contributed by atoms with Crippen molar-refractivity contribution in [3.63, 3.8) is 0 Å². The fourth-order valence-electron chi connectivity index (χ4n) is 3.92. The normalized spacial score (nSPS) is 11.3. The molecule has 9 heteroatoms. The molecule has 9 nitrogen and oxygen atoms in total. The Morgan fingerprint density at radius 2 is 1.68 bits per heavy atom. The first-order valence-electron chi connectivity index (χ1n) is 12.0. The quantitative estimate of drug-likeness (QED) is 0.267. The third kappa shape index (κ3) is 5.22. The van der Waals surface area contributed by atoms with Crippen molar-refractivity contribution in [3.05, 3.63) is 102 Å². The lowest BCUT2D eigenvalue weighted by atomic mass is 9.91. The van der Waals surface area contributed by atoms with Crippen LogP contribution in [0.2, 0.25) is 0 Å². The van der Waals surface area contributed by atoms with Crippen molar-refractivity contribution >= 4 is 34.7 Å². The summed E-state index contributed by atoms with van der Waals surface area (Å²) >= 11 is 0. The molecule has 0 saturated heterocycles. The van der Waals surface area contributed by atoms with Crippen molar-refractivity contribution in [2.75, 3.05) is 10.6 Å². The molecule has 2 aromatic carbocycles. The van der Waals surface area contributed by atoms with Crippen molar-refractivity contribution in [2.45, 2.75) is 26.2 Å². The number of imidazole rings is 1. The number of carboxylic acids is 1. The Morgan fingerprint density at radius 3 is 2.37 bits per heavy atom. The average molecular weight is 507 g/mol. The summed E-state index contributed by atoms with van der Waals surface area (Å²) in [7, 11) is 0. The van der Waals surface area contributed by atoms with Crippen LogP contribution in [0.15, 0.2) is 85.5 Å². The van der Waals surface area contributed by atoms with Crippen LogP contribution in [0.5, 0.6) is 0 Å². The number of anilines is 3. The van der Waals surface area contributed by atoms with Gasteiger partial charge in [-0.1, -0.05) is 32.9 Å². The van der Waals surface area contributed by atoms with Crippen LogP contribution in [0.3, 0.4) is 0 Å². The predicted molar refractivity (Wildman–Crippen MR) is 146 cm³/mol. The highest BCUT2D eigenvalue weighted by Gasteiger charge is 2.16. The summed E-state index contributed by atoms with van der Waals surface area (Å²) in [6.07, 6.45) is 6.95. The number of carboxylic acid groups (broad SMARTS) is 1. The Labute approximate surface area is 219 Å². The summed E-state index contributed by atoms with van der Waals surface area (Å²) in [4.78, 5) is 37.6. The van der Waals surface area contributed by atoms with Crippen molar-refractivity contribution in [2.24, 2.45) is 0 Å². The summed E-state index contributed by atoms with van der Waals surface area (Å²) in [5, 5.41) is 15.3. The predicted octanol–water partition coefficient (Wildman–Crippen LogP) is 5.78. The van der Waals surface area contributed by atoms with E-state index in [1.807, 2.05) is 47.1 Å². The maximum atomic E-state index is 12.9. The zero-order chi connectivity index (χ0) is 26.9. The number of rotatable bonds is 6. The largest absolute Gasteiger partial charge is 0.478 e. The van der Waals surface area contributed by atoms with Crippen LogP contribution in [0.1, 0.15) is 47.2 Å². The molecule has 0 radical (unpaired) electrons. The first-order valence-corrected chi connectivity index (χ1v) is 12.0. The third-order valence-corrected chi connectivity index (χ3v) is 5.98. The zero-order valence-corrected chi connectivity index (χ0v) is 21.1. The summed E-state index contributed by atoms with van der Waals surface area (Å²) in [5.41, 5.74) is 4.87. The van der Waals surface area contributed by atoms with Crippen molar-refractivity contribution in [1.82, 2.24) is 19.4 Å². The smallest absolute Gasteiger partial charge is 0.335 e. The summed E-state index contributed by atoms with van der Waals surface area (Å²) in [5.74, 6) is -0.729. The molecular formula is C29H26N6O3. The SMILES string of the molecule is CC(C)(C)c1ccc(C(=O)Nc2cccc(-c3cn4ccnc4c(Nc4ccc(C(=O)O)cc4)n3)c2)cn1. The van der Waals surface area contributed by atoms with Crippen molar-refractivity contribution < 1.29 is 14.7 Å². The van der Waals surface area contributed by atoms with Crippen LogP contribution in [0.25, 0.3) is 16.9 Å². The van der Waals surface area contributed by atoms with Crippen LogP contribution in [0, 0.1) is 0 Å².